The highest BCUT2D eigenvalue weighted by Crippen LogP contribution is 2.35. The van der Waals surface area contributed by atoms with Gasteiger partial charge in [-0.2, -0.15) is 4.52 Å². The molecule has 0 radical (unpaired) electrons. The van der Waals surface area contributed by atoms with Gasteiger partial charge in [0, 0.05) is 43.8 Å². The summed E-state index contributed by atoms with van der Waals surface area (Å²) in [6.45, 7) is 16.0. The van der Waals surface area contributed by atoms with Crippen molar-refractivity contribution in [1.29, 1.82) is 0 Å². The summed E-state index contributed by atoms with van der Waals surface area (Å²) in [5.41, 5.74) is 6.12. The molecule has 0 spiro atoms. The molecule has 6 nitrogen and oxygen atoms in total. The Balaban J connectivity index is 1.35. The van der Waals surface area contributed by atoms with E-state index in [4.69, 9.17) is 10.1 Å². The second kappa shape index (κ2) is 9.04. The molecular weight excluding hydrogens is 440 g/mol. The number of fused-ring (bicyclic) bond motifs is 1. The molecule has 0 unspecified atom stereocenters. The number of nitrogens with one attached hydrogen (secondary N) is 1. The lowest BCUT2D eigenvalue weighted by atomic mass is 10.0. The third-order valence-electron chi connectivity index (χ3n) is 6.27. The summed E-state index contributed by atoms with van der Waals surface area (Å²) in [7, 11) is 0. The van der Waals surface area contributed by atoms with Gasteiger partial charge in [0.15, 0.2) is 5.82 Å². The number of piperazine rings is 1. The SMILES string of the molecule is Cc1ccc(C)c(CN2CCN(c3nn4c(NC(C)(C)C)c(-c5ccccc5)nc4s3)CC2)c1. The van der Waals surface area contributed by atoms with Gasteiger partial charge in [-0.3, -0.25) is 4.90 Å². The van der Waals surface area contributed by atoms with Crippen molar-refractivity contribution in [3.63, 3.8) is 0 Å². The zero-order valence-electron chi connectivity index (χ0n) is 20.8. The Hall–Kier alpha value is -2.90. The Labute approximate surface area is 206 Å². The van der Waals surface area contributed by atoms with E-state index < -0.39 is 0 Å². The van der Waals surface area contributed by atoms with Crippen molar-refractivity contribution in [2.45, 2.75) is 46.7 Å². The summed E-state index contributed by atoms with van der Waals surface area (Å²) < 4.78 is 2.00. The van der Waals surface area contributed by atoms with Crippen LogP contribution in [-0.4, -0.2) is 51.2 Å². The van der Waals surface area contributed by atoms with E-state index in [1.165, 1.54) is 16.7 Å². The van der Waals surface area contributed by atoms with E-state index in [2.05, 4.69) is 92.2 Å². The third-order valence-corrected chi connectivity index (χ3v) is 7.24. The predicted octanol–water partition coefficient (Wildman–Crippen LogP) is 5.61. The van der Waals surface area contributed by atoms with Gasteiger partial charge in [0.05, 0.1) is 0 Å². The Morgan fingerprint density at radius 1 is 0.971 bits per heavy atom. The second-order valence-corrected chi connectivity index (χ2v) is 11.3. The lowest BCUT2D eigenvalue weighted by molar-refractivity contribution is 0.249. The van der Waals surface area contributed by atoms with Gasteiger partial charge in [0.1, 0.15) is 5.69 Å². The van der Waals surface area contributed by atoms with Crippen LogP contribution < -0.4 is 10.2 Å². The zero-order valence-corrected chi connectivity index (χ0v) is 21.6. The number of hydrogen-bond acceptors (Lipinski definition) is 6. The van der Waals surface area contributed by atoms with Crippen molar-refractivity contribution < 1.29 is 0 Å². The van der Waals surface area contributed by atoms with Gasteiger partial charge >= 0.3 is 0 Å². The molecule has 0 aliphatic carbocycles. The summed E-state index contributed by atoms with van der Waals surface area (Å²) in [4.78, 5) is 10.9. The number of nitrogens with zero attached hydrogens (tertiary/aromatic N) is 5. The van der Waals surface area contributed by atoms with Crippen molar-refractivity contribution in [2.75, 3.05) is 36.4 Å². The highest BCUT2D eigenvalue weighted by molar-refractivity contribution is 7.20. The lowest BCUT2D eigenvalue weighted by Gasteiger charge is -2.34. The first-order valence-electron chi connectivity index (χ1n) is 12.0. The minimum absolute atomic E-state index is 0.0944. The Morgan fingerprint density at radius 2 is 1.71 bits per heavy atom. The van der Waals surface area contributed by atoms with Gasteiger partial charge in [-0.1, -0.05) is 65.4 Å². The van der Waals surface area contributed by atoms with E-state index in [9.17, 15) is 0 Å². The highest BCUT2D eigenvalue weighted by Gasteiger charge is 2.25. The maximum Gasteiger partial charge on any atom is 0.216 e. The number of anilines is 2. The van der Waals surface area contributed by atoms with E-state index in [1.807, 2.05) is 10.6 Å². The number of imidazole rings is 1. The third kappa shape index (κ3) is 4.81. The number of hydrogen-bond donors (Lipinski definition) is 1. The summed E-state index contributed by atoms with van der Waals surface area (Å²) in [6.07, 6.45) is 0. The van der Waals surface area contributed by atoms with Crippen LogP contribution in [0.15, 0.2) is 48.5 Å². The van der Waals surface area contributed by atoms with E-state index in [-0.39, 0.29) is 5.54 Å². The minimum Gasteiger partial charge on any atom is -0.364 e. The van der Waals surface area contributed by atoms with E-state index in [1.54, 1.807) is 11.3 Å². The van der Waals surface area contributed by atoms with Gasteiger partial charge < -0.3 is 10.2 Å². The van der Waals surface area contributed by atoms with Gasteiger partial charge in [-0.15, -0.1) is 5.10 Å². The van der Waals surface area contributed by atoms with E-state index >= 15 is 0 Å². The largest absolute Gasteiger partial charge is 0.364 e. The van der Waals surface area contributed by atoms with Crippen LogP contribution in [0, 0.1) is 13.8 Å². The average molecular weight is 475 g/mol. The molecule has 0 saturated carbocycles. The highest BCUT2D eigenvalue weighted by atomic mass is 32.1. The maximum absolute atomic E-state index is 5.02. The summed E-state index contributed by atoms with van der Waals surface area (Å²) in [5, 5.41) is 9.72. The smallest absolute Gasteiger partial charge is 0.216 e. The van der Waals surface area contributed by atoms with Crippen molar-refractivity contribution in [3.8, 4) is 11.3 Å². The summed E-state index contributed by atoms with van der Waals surface area (Å²) in [6, 6.07) is 17.1. The zero-order chi connectivity index (χ0) is 23.9. The van der Waals surface area contributed by atoms with Gasteiger partial charge in [0.2, 0.25) is 10.1 Å². The molecule has 1 fully saturated rings. The first-order chi connectivity index (χ1) is 16.3. The van der Waals surface area contributed by atoms with Crippen LogP contribution in [0.25, 0.3) is 16.2 Å². The maximum atomic E-state index is 5.02. The first kappa shape index (κ1) is 22.9. The van der Waals surface area contributed by atoms with Crippen LogP contribution in [0.2, 0.25) is 0 Å². The molecule has 1 saturated heterocycles. The van der Waals surface area contributed by atoms with Crippen LogP contribution in [0.4, 0.5) is 10.9 Å². The van der Waals surface area contributed by atoms with Crippen molar-refractivity contribution in [1.82, 2.24) is 19.5 Å². The summed E-state index contributed by atoms with van der Waals surface area (Å²) >= 11 is 1.68. The molecule has 0 amide bonds. The molecule has 0 bridgehead atoms. The topological polar surface area (TPSA) is 48.7 Å². The molecule has 4 aromatic rings. The normalized spacial score (nSPS) is 15.3. The molecule has 34 heavy (non-hydrogen) atoms. The van der Waals surface area contributed by atoms with Crippen molar-refractivity contribution in [3.05, 3.63) is 65.2 Å². The van der Waals surface area contributed by atoms with Gasteiger partial charge in [-0.25, -0.2) is 4.98 Å². The standard InChI is InChI=1S/C27H34N6S/c1-19-11-12-20(2)22(17-19)18-31-13-15-32(16-14-31)26-30-33-24(29-27(3,4)5)23(28-25(33)34-26)21-9-7-6-8-10-21/h6-12,17,29H,13-16,18H2,1-5H3. The fourth-order valence-corrected chi connectivity index (χ4v) is 5.39. The molecule has 1 N–H and O–H groups in total. The molecule has 7 heteroatoms. The fraction of sp³-hybridized carbons (Fsp3) is 0.407. The van der Waals surface area contributed by atoms with Crippen LogP contribution in [-0.2, 0) is 6.54 Å². The number of aryl methyl sites for hydroxylation is 2. The predicted molar refractivity (Wildman–Crippen MR) is 143 cm³/mol. The second-order valence-electron chi connectivity index (χ2n) is 10.3. The monoisotopic (exact) mass is 474 g/mol. The Morgan fingerprint density at radius 3 is 2.41 bits per heavy atom. The number of rotatable bonds is 5. The van der Waals surface area contributed by atoms with Crippen LogP contribution >= 0.6 is 11.3 Å². The molecule has 3 heterocycles. The Bertz CT molecular complexity index is 1280. The van der Waals surface area contributed by atoms with E-state index in [0.29, 0.717) is 0 Å². The van der Waals surface area contributed by atoms with Crippen LogP contribution in [0.3, 0.4) is 0 Å². The van der Waals surface area contributed by atoms with Crippen LogP contribution in [0.1, 0.15) is 37.5 Å². The lowest BCUT2D eigenvalue weighted by Crippen LogP contribution is -2.46. The molecular formula is C27H34N6S. The average Bonchev–Trinajstić information content (AvgIpc) is 3.36. The number of benzene rings is 2. The Kier molecular flexibility index (Phi) is 6.08. The quantitative estimate of drug-likeness (QED) is 0.408. The van der Waals surface area contributed by atoms with Gasteiger partial charge in [-0.05, 0) is 45.7 Å². The first-order valence-corrected chi connectivity index (χ1v) is 12.8. The van der Waals surface area contributed by atoms with Crippen LogP contribution in [0.5, 0.6) is 0 Å². The summed E-state index contributed by atoms with van der Waals surface area (Å²) in [5.74, 6) is 0.963. The molecule has 1 aliphatic heterocycles. The molecule has 1 aliphatic rings. The fourth-order valence-electron chi connectivity index (χ4n) is 4.44. The molecule has 5 rings (SSSR count). The molecule has 0 atom stereocenters. The van der Waals surface area contributed by atoms with Crippen molar-refractivity contribution >= 4 is 27.2 Å². The van der Waals surface area contributed by atoms with Crippen molar-refractivity contribution in [2.24, 2.45) is 0 Å². The van der Waals surface area contributed by atoms with E-state index in [0.717, 1.165) is 59.9 Å². The minimum atomic E-state index is -0.0944. The molecule has 2 aromatic heterocycles. The number of aromatic nitrogens is 3. The molecule has 178 valence electrons. The molecule has 2 aromatic carbocycles. The van der Waals surface area contributed by atoms with Gasteiger partial charge in [0.25, 0.3) is 0 Å².